The van der Waals surface area contributed by atoms with E-state index in [0.29, 0.717) is 13.2 Å². The highest BCUT2D eigenvalue weighted by molar-refractivity contribution is 5.57. The molecule has 6 heteroatoms. The third-order valence-electron chi connectivity index (χ3n) is 3.72. The lowest BCUT2D eigenvalue weighted by atomic mass is 10.2. The fourth-order valence-electron chi connectivity index (χ4n) is 2.53. The fourth-order valence-corrected chi connectivity index (χ4v) is 2.53. The molecular formula is C17H21N3O3. The average molecular weight is 315 g/mol. The molecule has 2 aromatic rings. The highest BCUT2D eigenvalue weighted by Crippen LogP contribution is 2.18. The van der Waals surface area contributed by atoms with E-state index in [2.05, 4.69) is 21.6 Å². The number of hydrogen-bond acceptors (Lipinski definition) is 5. The van der Waals surface area contributed by atoms with Crippen LogP contribution in [-0.4, -0.2) is 49.2 Å². The Hall–Kier alpha value is -2.31. The van der Waals surface area contributed by atoms with Crippen LogP contribution in [0.3, 0.4) is 0 Å². The number of H-pyrrole nitrogens is 1. The summed E-state index contributed by atoms with van der Waals surface area (Å²) in [5.74, 6) is 1.60. The Morgan fingerprint density at radius 2 is 2.30 bits per heavy atom. The second-order valence-corrected chi connectivity index (χ2v) is 5.29. The summed E-state index contributed by atoms with van der Waals surface area (Å²) in [7, 11) is 1.68. The molecule has 0 spiro atoms. The Balaban J connectivity index is 1.50. The lowest BCUT2D eigenvalue weighted by Gasteiger charge is -2.18. The molecule has 1 saturated heterocycles. The zero-order valence-corrected chi connectivity index (χ0v) is 13.1. The van der Waals surface area contributed by atoms with E-state index in [1.165, 1.54) is 0 Å². The minimum atomic E-state index is -0.00717. The number of methoxy groups -OCH3 is 1. The topological polar surface area (TPSA) is 68.4 Å². The van der Waals surface area contributed by atoms with Gasteiger partial charge in [-0.05, 0) is 6.07 Å². The van der Waals surface area contributed by atoms with E-state index in [0.717, 1.165) is 23.6 Å². The molecule has 0 bridgehead atoms. The van der Waals surface area contributed by atoms with Gasteiger partial charge in [-0.2, -0.15) is 5.10 Å². The highest BCUT2D eigenvalue weighted by atomic mass is 16.5. The monoisotopic (exact) mass is 315 g/mol. The Bertz CT molecular complexity index is 628. The van der Waals surface area contributed by atoms with Crippen molar-refractivity contribution in [2.45, 2.75) is 12.1 Å². The number of nitrogens with one attached hydrogen (secondary N) is 2. The summed E-state index contributed by atoms with van der Waals surface area (Å²) in [6, 6.07) is 8.09. The van der Waals surface area contributed by atoms with Crippen LogP contribution in [-0.2, 0) is 4.74 Å². The van der Waals surface area contributed by atoms with Gasteiger partial charge >= 0.3 is 0 Å². The quantitative estimate of drug-likeness (QED) is 0.816. The number of benzene rings is 1. The lowest BCUT2D eigenvalue weighted by Crippen LogP contribution is -2.42. The van der Waals surface area contributed by atoms with Crippen LogP contribution >= 0.6 is 0 Å². The molecule has 6 nitrogen and oxygen atoms in total. The smallest absolute Gasteiger partial charge is 0.157 e. The van der Waals surface area contributed by atoms with Crippen LogP contribution in [0.2, 0.25) is 0 Å². The van der Waals surface area contributed by atoms with Gasteiger partial charge in [0.2, 0.25) is 0 Å². The summed E-state index contributed by atoms with van der Waals surface area (Å²) in [5.41, 5.74) is 1.06. The summed E-state index contributed by atoms with van der Waals surface area (Å²) in [4.78, 5) is 0. The minimum Gasteiger partial charge on any atom is -0.496 e. The van der Waals surface area contributed by atoms with Crippen LogP contribution in [0.15, 0.2) is 42.7 Å². The second kappa shape index (κ2) is 7.80. The van der Waals surface area contributed by atoms with E-state index in [1.54, 1.807) is 19.5 Å². The number of nitrogens with zero attached hydrogens (tertiary/aromatic N) is 1. The van der Waals surface area contributed by atoms with Crippen molar-refractivity contribution < 1.29 is 14.2 Å². The third-order valence-corrected chi connectivity index (χ3v) is 3.72. The Morgan fingerprint density at radius 3 is 3.13 bits per heavy atom. The van der Waals surface area contributed by atoms with E-state index in [9.17, 15) is 0 Å². The van der Waals surface area contributed by atoms with Gasteiger partial charge in [-0.1, -0.05) is 30.4 Å². The van der Waals surface area contributed by atoms with E-state index in [1.807, 2.05) is 30.3 Å². The highest BCUT2D eigenvalue weighted by Gasteiger charge is 2.29. The van der Waals surface area contributed by atoms with Crippen LogP contribution in [0.25, 0.3) is 6.08 Å². The number of rotatable bonds is 7. The lowest BCUT2D eigenvalue weighted by molar-refractivity contribution is 0.139. The van der Waals surface area contributed by atoms with Crippen molar-refractivity contribution >= 4 is 6.08 Å². The number of aromatic nitrogens is 2. The zero-order chi connectivity index (χ0) is 15.9. The van der Waals surface area contributed by atoms with Crippen molar-refractivity contribution in [2.24, 2.45) is 0 Å². The van der Waals surface area contributed by atoms with Gasteiger partial charge in [-0.15, -0.1) is 0 Å². The van der Waals surface area contributed by atoms with Gasteiger partial charge in [0.25, 0.3) is 0 Å². The van der Waals surface area contributed by atoms with Gasteiger partial charge in [-0.3, -0.25) is 5.10 Å². The van der Waals surface area contributed by atoms with Crippen LogP contribution in [0.5, 0.6) is 11.5 Å². The first-order chi connectivity index (χ1) is 11.4. The maximum absolute atomic E-state index is 5.85. The zero-order valence-electron chi connectivity index (χ0n) is 13.1. The SMILES string of the molecule is COc1ccccc1C=CCN[C@H]1COC[C@H]1Oc1cn[nH]c1. The molecule has 1 aromatic carbocycles. The van der Waals surface area contributed by atoms with E-state index >= 15 is 0 Å². The van der Waals surface area contributed by atoms with Gasteiger partial charge in [-0.25, -0.2) is 0 Å². The van der Waals surface area contributed by atoms with Gasteiger partial charge in [0, 0.05) is 12.1 Å². The molecule has 1 fully saturated rings. The van der Waals surface area contributed by atoms with Crippen molar-refractivity contribution in [2.75, 3.05) is 26.9 Å². The van der Waals surface area contributed by atoms with Crippen molar-refractivity contribution in [1.82, 2.24) is 15.5 Å². The van der Waals surface area contributed by atoms with Crippen LogP contribution in [0.1, 0.15) is 5.56 Å². The second-order valence-electron chi connectivity index (χ2n) is 5.29. The molecule has 0 unspecified atom stereocenters. The molecule has 2 heterocycles. The normalized spacial score (nSPS) is 20.9. The van der Waals surface area contributed by atoms with Gasteiger partial charge < -0.3 is 19.5 Å². The molecule has 122 valence electrons. The largest absolute Gasteiger partial charge is 0.496 e. The van der Waals surface area contributed by atoms with E-state index in [4.69, 9.17) is 14.2 Å². The molecule has 0 amide bonds. The maximum atomic E-state index is 5.85. The summed E-state index contributed by atoms with van der Waals surface area (Å²) in [6.07, 6.45) is 7.51. The standard InChI is InChI=1S/C17H21N3O3/c1-21-16-7-3-2-5-13(16)6-4-8-18-15-11-22-12-17(15)23-14-9-19-20-10-14/h2-7,9-10,15,17-18H,8,11-12H2,1H3,(H,19,20)/t15-,17+/m0/s1. The van der Waals surface area contributed by atoms with Gasteiger partial charge in [0.1, 0.15) is 11.9 Å². The summed E-state index contributed by atoms with van der Waals surface area (Å²) >= 11 is 0. The molecule has 2 atom stereocenters. The molecular weight excluding hydrogens is 294 g/mol. The number of para-hydroxylation sites is 1. The first-order valence-corrected chi connectivity index (χ1v) is 7.63. The fraction of sp³-hybridized carbons (Fsp3) is 0.353. The average Bonchev–Trinajstić information content (AvgIpc) is 3.24. The summed E-state index contributed by atoms with van der Waals surface area (Å²) in [6.45, 7) is 1.96. The predicted molar refractivity (Wildman–Crippen MR) is 87.6 cm³/mol. The van der Waals surface area contributed by atoms with Crippen molar-refractivity contribution in [3.63, 3.8) is 0 Å². The number of aromatic amines is 1. The van der Waals surface area contributed by atoms with Crippen molar-refractivity contribution in [3.8, 4) is 11.5 Å². The summed E-state index contributed by atoms with van der Waals surface area (Å²) in [5, 5.41) is 10.1. The van der Waals surface area contributed by atoms with Crippen LogP contribution < -0.4 is 14.8 Å². The molecule has 1 aromatic heterocycles. The molecule has 1 aliphatic heterocycles. The molecule has 0 radical (unpaired) electrons. The molecule has 23 heavy (non-hydrogen) atoms. The molecule has 1 aliphatic rings. The van der Waals surface area contributed by atoms with Crippen LogP contribution in [0.4, 0.5) is 0 Å². The number of ether oxygens (including phenoxy) is 3. The Kier molecular flexibility index (Phi) is 5.29. The molecule has 0 saturated carbocycles. The number of hydrogen-bond donors (Lipinski definition) is 2. The van der Waals surface area contributed by atoms with Gasteiger partial charge in [0.15, 0.2) is 5.75 Å². The van der Waals surface area contributed by atoms with Crippen molar-refractivity contribution in [1.29, 1.82) is 0 Å². The maximum Gasteiger partial charge on any atom is 0.157 e. The summed E-state index contributed by atoms with van der Waals surface area (Å²) < 4.78 is 16.7. The predicted octanol–water partition coefficient (Wildman–Crippen LogP) is 1.87. The van der Waals surface area contributed by atoms with Gasteiger partial charge in [0.05, 0.1) is 38.8 Å². The Morgan fingerprint density at radius 1 is 1.39 bits per heavy atom. The first-order valence-electron chi connectivity index (χ1n) is 7.63. The van der Waals surface area contributed by atoms with E-state index < -0.39 is 0 Å². The Labute approximate surface area is 135 Å². The van der Waals surface area contributed by atoms with E-state index in [-0.39, 0.29) is 12.1 Å². The minimum absolute atomic E-state index is 0.00717. The molecule has 2 N–H and O–H groups in total. The third kappa shape index (κ3) is 4.12. The van der Waals surface area contributed by atoms with Crippen LogP contribution in [0, 0.1) is 0 Å². The first kappa shape index (κ1) is 15.6. The van der Waals surface area contributed by atoms with Crippen molar-refractivity contribution in [3.05, 3.63) is 48.3 Å². The molecule has 3 rings (SSSR count). The molecule has 0 aliphatic carbocycles.